The predicted octanol–water partition coefficient (Wildman–Crippen LogP) is 7.01. The number of para-hydroxylation sites is 1. The van der Waals surface area contributed by atoms with Crippen LogP contribution in [0, 0.1) is 12.3 Å². The number of hydrogen-bond donors (Lipinski definition) is 1. The predicted molar refractivity (Wildman–Crippen MR) is 154 cm³/mol. The highest BCUT2D eigenvalue weighted by Crippen LogP contribution is 2.58. The number of alkyl halides is 3. The van der Waals surface area contributed by atoms with E-state index in [1.807, 2.05) is 12.1 Å². The fourth-order valence-electron chi connectivity index (χ4n) is 7.29. The van der Waals surface area contributed by atoms with Gasteiger partial charge in [-0.2, -0.15) is 13.2 Å². The van der Waals surface area contributed by atoms with Crippen LogP contribution in [-0.2, 0) is 15.0 Å². The van der Waals surface area contributed by atoms with Gasteiger partial charge in [-0.1, -0.05) is 63.4 Å². The van der Waals surface area contributed by atoms with Crippen LogP contribution in [0.1, 0.15) is 81.5 Å². The molecule has 1 fully saturated rings. The molecule has 1 aliphatic heterocycles. The first-order valence-corrected chi connectivity index (χ1v) is 14.5. The van der Waals surface area contributed by atoms with E-state index in [2.05, 4.69) is 5.10 Å². The molecular formula is C33H34F3N3O3. The molecule has 2 aromatic carbocycles. The molecule has 2 aliphatic carbocycles. The zero-order valence-electron chi connectivity index (χ0n) is 24.0. The number of nitrogens with zero attached hydrogens (tertiary/aromatic N) is 2. The molecule has 6 rings (SSSR count). The first kappa shape index (κ1) is 28.2. The Morgan fingerprint density at radius 2 is 1.50 bits per heavy atom. The molecule has 3 aliphatic rings. The summed E-state index contributed by atoms with van der Waals surface area (Å²) >= 11 is 0. The van der Waals surface area contributed by atoms with Crippen LogP contribution >= 0.6 is 0 Å². The van der Waals surface area contributed by atoms with Gasteiger partial charge in [0.1, 0.15) is 0 Å². The number of nitrogens with one attached hydrogen (secondary N) is 1. The van der Waals surface area contributed by atoms with Crippen LogP contribution in [0.2, 0.25) is 0 Å². The molecule has 1 atom stereocenters. The van der Waals surface area contributed by atoms with E-state index >= 15 is 13.2 Å². The van der Waals surface area contributed by atoms with Crippen molar-refractivity contribution in [2.45, 2.75) is 83.2 Å². The number of H-pyrrole nitrogens is 1. The molecule has 1 saturated carbocycles. The first-order chi connectivity index (χ1) is 19.9. The lowest BCUT2D eigenvalue weighted by Crippen LogP contribution is -2.55. The maximum Gasteiger partial charge on any atom is 0.411 e. The summed E-state index contributed by atoms with van der Waals surface area (Å²) in [6.45, 7) is 4.94. The third-order valence-electron chi connectivity index (χ3n) is 9.14. The Morgan fingerprint density at radius 3 is 2.12 bits per heavy atom. The van der Waals surface area contributed by atoms with E-state index in [1.165, 1.54) is 25.5 Å². The van der Waals surface area contributed by atoms with Gasteiger partial charge in [-0.05, 0) is 67.3 Å². The highest BCUT2D eigenvalue weighted by atomic mass is 19.4. The molecule has 0 spiro atoms. The Labute approximate surface area is 242 Å². The fraction of sp³-hybridized carbons (Fsp3) is 0.424. The van der Waals surface area contributed by atoms with Crippen LogP contribution in [0.3, 0.4) is 0 Å². The molecule has 1 amide bonds. The van der Waals surface area contributed by atoms with Crippen molar-refractivity contribution in [3.05, 3.63) is 93.0 Å². The lowest BCUT2D eigenvalue weighted by molar-refractivity contribution is -0.184. The third-order valence-corrected chi connectivity index (χ3v) is 9.14. The van der Waals surface area contributed by atoms with E-state index in [0.29, 0.717) is 11.6 Å². The number of aromatic nitrogens is 2. The van der Waals surface area contributed by atoms with Gasteiger partial charge in [-0.25, -0.2) is 4.68 Å². The van der Waals surface area contributed by atoms with E-state index in [9.17, 15) is 14.4 Å². The monoisotopic (exact) mass is 577 g/mol. The molecule has 1 unspecified atom stereocenters. The number of aryl methyl sites for hydroxylation is 1. The number of hydrogen-bond acceptors (Lipinski definition) is 3. The largest absolute Gasteiger partial charge is 0.411 e. The van der Waals surface area contributed by atoms with Crippen LogP contribution < -0.4 is 10.5 Å². The lowest BCUT2D eigenvalue weighted by atomic mass is 9.66. The average Bonchev–Trinajstić information content (AvgIpc) is 3.38. The molecular weight excluding hydrogens is 543 g/mol. The number of halogens is 3. The number of anilines is 1. The van der Waals surface area contributed by atoms with Crippen molar-refractivity contribution in [1.82, 2.24) is 9.78 Å². The highest BCUT2D eigenvalue weighted by Gasteiger charge is 2.73. The Bertz CT molecular complexity index is 1640. The van der Waals surface area contributed by atoms with Crippen molar-refractivity contribution >= 4 is 17.4 Å². The van der Waals surface area contributed by atoms with Gasteiger partial charge in [0.15, 0.2) is 5.78 Å². The van der Waals surface area contributed by atoms with E-state index in [1.54, 1.807) is 44.2 Å². The number of carbonyl (C=O) groups is 2. The minimum Gasteiger partial charge on any atom is -0.295 e. The second kappa shape index (κ2) is 9.85. The summed E-state index contributed by atoms with van der Waals surface area (Å²) in [5, 5.41) is 2.80. The summed E-state index contributed by atoms with van der Waals surface area (Å²) in [6.07, 6.45) is 0.350. The number of Topliss-reactive ketones (excluding diaryl/α,β-unsaturated/α-hetero) is 1. The normalized spacial score (nSPS) is 23.0. The summed E-state index contributed by atoms with van der Waals surface area (Å²) in [6, 6.07) is 15.3. The Kier molecular flexibility index (Phi) is 6.62. The van der Waals surface area contributed by atoms with Crippen molar-refractivity contribution in [2.75, 3.05) is 4.90 Å². The Hall–Kier alpha value is -3.88. The van der Waals surface area contributed by atoms with Crippen LogP contribution in [-0.4, -0.2) is 27.6 Å². The van der Waals surface area contributed by atoms with Gasteiger partial charge in [-0.3, -0.25) is 24.4 Å². The van der Waals surface area contributed by atoms with Gasteiger partial charge in [0, 0.05) is 29.1 Å². The van der Waals surface area contributed by atoms with Crippen LogP contribution in [0.25, 0.3) is 5.69 Å². The molecule has 1 N–H and O–H groups in total. The first-order valence-electron chi connectivity index (χ1n) is 14.5. The van der Waals surface area contributed by atoms with Crippen molar-refractivity contribution < 1.29 is 22.8 Å². The number of benzene rings is 2. The number of aromatic amines is 1. The zero-order chi connectivity index (χ0) is 30.0. The Morgan fingerprint density at radius 1 is 0.857 bits per heavy atom. The molecule has 3 aromatic rings. The van der Waals surface area contributed by atoms with Crippen molar-refractivity contribution in [3.63, 3.8) is 0 Å². The summed E-state index contributed by atoms with van der Waals surface area (Å²) in [4.78, 5) is 43.0. The highest BCUT2D eigenvalue weighted by molar-refractivity contribution is 6.20. The number of ketones is 1. The van der Waals surface area contributed by atoms with Crippen molar-refractivity contribution in [3.8, 4) is 5.69 Å². The standard InChI is InChI=1S/C33H34F3N3O3/c1-20-27(29(41)39(37-20)24-16-14-22(15-17-24)21-10-6-4-7-11-21)32(33(34,35)36)28-25(18-31(2,3)19-26(28)40)38(30(32)42)23-12-8-5-9-13-23/h5,8-9,12-17,21,37H,4,6-7,10-11,18-19H2,1-3H3. The minimum absolute atomic E-state index is 0.00756. The summed E-state index contributed by atoms with van der Waals surface area (Å²) < 4.78 is 47.9. The van der Waals surface area contributed by atoms with Crippen LogP contribution in [0.5, 0.6) is 0 Å². The molecule has 220 valence electrons. The molecule has 0 bridgehead atoms. The fourth-order valence-corrected chi connectivity index (χ4v) is 7.29. The summed E-state index contributed by atoms with van der Waals surface area (Å²) in [5.41, 5.74) is -4.87. The number of amides is 1. The average molecular weight is 578 g/mol. The van der Waals surface area contributed by atoms with Gasteiger partial charge in [0.2, 0.25) is 5.41 Å². The second-order valence-electron chi connectivity index (χ2n) is 12.7. The summed E-state index contributed by atoms with van der Waals surface area (Å²) in [5.74, 6) is -1.70. The second-order valence-corrected chi connectivity index (χ2v) is 12.7. The van der Waals surface area contributed by atoms with Crippen LogP contribution in [0.4, 0.5) is 18.9 Å². The molecule has 6 nitrogen and oxygen atoms in total. The number of carbonyl (C=O) groups excluding carboxylic acids is 2. The summed E-state index contributed by atoms with van der Waals surface area (Å²) in [7, 11) is 0. The molecule has 1 aromatic heterocycles. The number of rotatable bonds is 4. The maximum atomic E-state index is 15.6. The molecule has 42 heavy (non-hydrogen) atoms. The van der Waals surface area contributed by atoms with Crippen molar-refractivity contribution in [1.29, 1.82) is 0 Å². The smallest absolute Gasteiger partial charge is 0.295 e. The van der Waals surface area contributed by atoms with Crippen molar-refractivity contribution in [2.24, 2.45) is 5.41 Å². The molecule has 9 heteroatoms. The zero-order valence-corrected chi connectivity index (χ0v) is 24.0. The Balaban J connectivity index is 1.55. The number of allylic oxidation sites excluding steroid dienone is 1. The van der Waals surface area contributed by atoms with Gasteiger partial charge in [0.25, 0.3) is 11.5 Å². The van der Waals surface area contributed by atoms with E-state index in [0.717, 1.165) is 40.8 Å². The van der Waals surface area contributed by atoms with Crippen LogP contribution in [0.15, 0.2) is 70.7 Å². The van der Waals surface area contributed by atoms with E-state index < -0.39 is 45.4 Å². The van der Waals surface area contributed by atoms with Gasteiger partial charge in [0.05, 0.1) is 11.3 Å². The quantitative estimate of drug-likeness (QED) is 0.362. The molecule has 0 saturated heterocycles. The van der Waals surface area contributed by atoms with Gasteiger partial charge in [-0.15, -0.1) is 0 Å². The van der Waals surface area contributed by atoms with Gasteiger partial charge < -0.3 is 0 Å². The molecule has 0 radical (unpaired) electrons. The molecule has 2 heterocycles. The third kappa shape index (κ3) is 4.19. The SMILES string of the molecule is Cc1[nH]n(-c2ccc(C3CCCCC3)cc2)c(=O)c1C1(C(F)(F)F)C(=O)N(c2ccccc2)C2=C1C(=O)CC(C)(C)C2. The van der Waals surface area contributed by atoms with E-state index in [-0.39, 0.29) is 29.9 Å². The maximum absolute atomic E-state index is 15.6. The van der Waals surface area contributed by atoms with Gasteiger partial charge >= 0.3 is 6.18 Å². The topological polar surface area (TPSA) is 75.2 Å². The van der Waals surface area contributed by atoms with E-state index in [4.69, 9.17) is 0 Å². The minimum atomic E-state index is -5.26. The lowest BCUT2D eigenvalue weighted by Gasteiger charge is -2.35.